The molecule has 2 aromatic rings. The number of nitrogens with one attached hydrogen (secondary N) is 1. The van der Waals surface area contributed by atoms with Gasteiger partial charge < -0.3 is 9.72 Å². The second-order valence-electron chi connectivity index (χ2n) is 4.36. The zero-order chi connectivity index (χ0) is 15.1. The molecule has 0 fully saturated rings. The van der Waals surface area contributed by atoms with Gasteiger partial charge in [0.1, 0.15) is 0 Å². The van der Waals surface area contributed by atoms with Crippen LogP contribution >= 0.6 is 11.8 Å². The van der Waals surface area contributed by atoms with Gasteiger partial charge in [-0.25, -0.2) is 9.78 Å². The molecule has 0 unspecified atom stereocenters. The highest BCUT2D eigenvalue weighted by molar-refractivity contribution is 7.98. The summed E-state index contributed by atoms with van der Waals surface area (Å²) < 4.78 is 5.07. The number of thioether (sulfide) groups is 1. The smallest absolute Gasteiger partial charge is 0.338 e. The summed E-state index contributed by atoms with van der Waals surface area (Å²) >= 11 is 1.43. The van der Waals surface area contributed by atoms with Crippen molar-refractivity contribution in [1.29, 1.82) is 0 Å². The zero-order valence-electron chi connectivity index (χ0n) is 11.7. The molecule has 21 heavy (non-hydrogen) atoms. The summed E-state index contributed by atoms with van der Waals surface area (Å²) in [6.45, 7) is 2.39. The molecule has 1 N–H and O–H groups in total. The Bertz CT molecular complexity index is 652. The molecule has 2 rings (SSSR count). The normalized spacial score (nSPS) is 10.3. The number of ether oxygens (including phenoxy) is 1. The van der Waals surface area contributed by atoms with Crippen LogP contribution in [0.3, 0.4) is 0 Å². The fourth-order valence-electron chi connectivity index (χ4n) is 1.59. The third-order valence-electron chi connectivity index (χ3n) is 2.65. The van der Waals surface area contributed by atoms with Crippen molar-refractivity contribution in [1.82, 2.24) is 9.97 Å². The average Bonchev–Trinajstić information content (AvgIpc) is 2.51. The van der Waals surface area contributed by atoms with Gasteiger partial charge in [0, 0.05) is 18.0 Å². The monoisotopic (exact) mass is 304 g/mol. The van der Waals surface area contributed by atoms with E-state index in [4.69, 9.17) is 4.74 Å². The first-order valence-corrected chi connectivity index (χ1v) is 7.62. The Kier molecular flexibility index (Phi) is 5.57. The molecular weight excluding hydrogens is 288 g/mol. The molecule has 0 amide bonds. The molecular formula is C15H16N2O3S. The second-order valence-corrected chi connectivity index (χ2v) is 5.32. The highest BCUT2D eigenvalue weighted by Gasteiger charge is 2.06. The van der Waals surface area contributed by atoms with E-state index in [9.17, 15) is 9.59 Å². The van der Waals surface area contributed by atoms with Gasteiger partial charge in [0.25, 0.3) is 5.56 Å². The van der Waals surface area contributed by atoms with Crippen LogP contribution in [-0.2, 0) is 10.5 Å². The van der Waals surface area contributed by atoms with Crippen molar-refractivity contribution in [2.75, 3.05) is 6.61 Å². The molecule has 0 bridgehead atoms. The molecule has 0 radical (unpaired) electrons. The lowest BCUT2D eigenvalue weighted by molar-refractivity contribution is 0.0505. The predicted octanol–water partition coefficient (Wildman–Crippen LogP) is 2.63. The van der Waals surface area contributed by atoms with E-state index in [0.717, 1.165) is 12.0 Å². The molecule has 0 atom stereocenters. The van der Waals surface area contributed by atoms with Crippen LogP contribution in [0.25, 0.3) is 0 Å². The number of aromatic nitrogens is 2. The minimum absolute atomic E-state index is 0.165. The third kappa shape index (κ3) is 4.75. The Labute approximate surface area is 126 Å². The zero-order valence-corrected chi connectivity index (χ0v) is 12.5. The third-order valence-corrected chi connectivity index (χ3v) is 3.61. The minimum atomic E-state index is -0.301. The van der Waals surface area contributed by atoms with E-state index in [-0.39, 0.29) is 11.5 Å². The predicted molar refractivity (Wildman–Crippen MR) is 81.4 cm³/mol. The number of benzene rings is 1. The van der Waals surface area contributed by atoms with Crippen molar-refractivity contribution in [2.24, 2.45) is 0 Å². The van der Waals surface area contributed by atoms with Crippen LogP contribution in [0.1, 0.15) is 29.3 Å². The van der Waals surface area contributed by atoms with Crippen LogP contribution in [0.4, 0.5) is 0 Å². The van der Waals surface area contributed by atoms with E-state index in [1.807, 2.05) is 19.1 Å². The number of H-pyrrole nitrogens is 1. The first-order chi connectivity index (χ1) is 10.2. The first kappa shape index (κ1) is 15.3. The molecule has 0 saturated heterocycles. The van der Waals surface area contributed by atoms with Gasteiger partial charge in [-0.2, -0.15) is 0 Å². The lowest BCUT2D eigenvalue weighted by Gasteiger charge is -2.04. The van der Waals surface area contributed by atoms with Crippen molar-refractivity contribution in [3.8, 4) is 0 Å². The van der Waals surface area contributed by atoms with Crippen molar-refractivity contribution < 1.29 is 9.53 Å². The van der Waals surface area contributed by atoms with Crippen molar-refractivity contribution in [3.63, 3.8) is 0 Å². The fourth-order valence-corrected chi connectivity index (χ4v) is 2.40. The van der Waals surface area contributed by atoms with Crippen molar-refractivity contribution in [3.05, 3.63) is 58.0 Å². The topological polar surface area (TPSA) is 72.0 Å². The van der Waals surface area contributed by atoms with E-state index in [0.29, 0.717) is 23.1 Å². The Morgan fingerprint density at radius 3 is 2.71 bits per heavy atom. The average molecular weight is 304 g/mol. The van der Waals surface area contributed by atoms with Gasteiger partial charge in [-0.05, 0) is 24.1 Å². The lowest BCUT2D eigenvalue weighted by Crippen LogP contribution is -2.06. The number of aromatic amines is 1. The number of nitrogens with zero attached hydrogens (tertiary/aromatic N) is 1. The van der Waals surface area contributed by atoms with E-state index in [1.165, 1.54) is 24.0 Å². The molecule has 5 nitrogen and oxygen atoms in total. The van der Waals surface area contributed by atoms with Gasteiger partial charge in [-0.15, -0.1) is 0 Å². The van der Waals surface area contributed by atoms with E-state index in [1.54, 1.807) is 12.1 Å². The minimum Gasteiger partial charge on any atom is -0.462 e. The molecule has 1 heterocycles. The fraction of sp³-hybridized carbons (Fsp3) is 0.267. The second kappa shape index (κ2) is 7.64. The van der Waals surface area contributed by atoms with Gasteiger partial charge in [0.05, 0.1) is 12.2 Å². The van der Waals surface area contributed by atoms with Gasteiger partial charge in [-0.1, -0.05) is 30.8 Å². The summed E-state index contributed by atoms with van der Waals surface area (Å²) in [5.41, 5.74) is 1.42. The van der Waals surface area contributed by atoms with Crippen LogP contribution < -0.4 is 5.56 Å². The summed E-state index contributed by atoms with van der Waals surface area (Å²) in [5, 5.41) is 0.578. The maximum atomic E-state index is 11.7. The maximum Gasteiger partial charge on any atom is 0.338 e. The lowest BCUT2D eigenvalue weighted by atomic mass is 10.1. The Morgan fingerprint density at radius 2 is 2.05 bits per heavy atom. The maximum absolute atomic E-state index is 11.7. The molecule has 0 spiro atoms. The largest absolute Gasteiger partial charge is 0.462 e. The van der Waals surface area contributed by atoms with Crippen molar-refractivity contribution >= 4 is 17.7 Å². The quantitative estimate of drug-likeness (QED) is 0.504. The van der Waals surface area contributed by atoms with E-state index in [2.05, 4.69) is 9.97 Å². The summed E-state index contributed by atoms with van der Waals surface area (Å²) in [6.07, 6.45) is 2.29. The Morgan fingerprint density at radius 1 is 1.29 bits per heavy atom. The standard InChI is InChI=1S/C15H16N2O3S/c1-2-9-20-14(19)12-5-3-11(4-6-12)10-21-15-16-8-7-13(18)17-15/h3-8H,2,9-10H2,1H3,(H,16,17,18). The van der Waals surface area contributed by atoms with E-state index >= 15 is 0 Å². The highest BCUT2D eigenvalue weighted by Crippen LogP contribution is 2.18. The number of hydrogen-bond acceptors (Lipinski definition) is 5. The molecule has 0 aliphatic heterocycles. The first-order valence-electron chi connectivity index (χ1n) is 6.63. The number of carbonyl (C=O) groups is 1. The van der Waals surface area contributed by atoms with Crippen LogP contribution in [0, 0.1) is 0 Å². The summed E-state index contributed by atoms with van der Waals surface area (Å²) in [6, 6.07) is 8.61. The molecule has 6 heteroatoms. The molecule has 1 aromatic carbocycles. The number of carbonyl (C=O) groups excluding carboxylic acids is 1. The van der Waals surface area contributed by atoms with Gasteiger partial charge in [-0.3, -0.25) is 4.79 Å². The highest BCUT2D eigenvalue weighted by atomic mass is 32.2. The molecule has 1 aromatic heterocycles. The molecule has 0 aliphatic rings. The number of esters is 1. The number of hydrogen-bond donors (Lipinski definition) is 1. The molecule has 0 aliphatic carbocycles. The van der Waals surface area contributed by atoms with E-state index < -0.39 is 0 Å². The Balaban J connectivity index is 1.93. The summed E-state index contributed by atoms with van der Waals surface area (Å²) in [4.78, 5) is 29.5. The summed E-state index contributed by atoms with van der Waals surface area (Å²) in [7, 11) is 0. The van der Waals surface area contributed by atoms with Gasteiger partial charge in [0.15, 0.2) is 5.16 Å². The van der Waals surface area contributed by atoms with Crippen LogP contribution in [0.2, 0.25) is 0 Å². The van der Waals surface area contributed by atoms with Crippen molar-refractivity contribution in [2.45, 2.75) is 24.3 Å². The van der Waals surface area contributed by atoms with Crippen LogP contribution in [-0.4, -0.2) is 22.5 Å². The molecule has 0 saturated carbocycles. The number of rotatable bonds is 6. The van der Waals surface area contributed by atoms with Gasteiger partial charge in [0.2, 0.25) is 0 Å². The van der Waals surface area contributed by atoms with Crippen LogP contribution in [0.15, 0.2) is 46.5 Å². The van der Waals surface area contributed by atoms with Gasteiger partial charge >= 0.3 is 5.97 Å². The summed E-state index contributed by atoms with van der Waals surface area (Å²) in [5.74, 6) is 0.363. The SMILES string of the molecule is CCCOC(=O)c1ccc(CSc2nccc(=O)[nH]2)cc1. The van der Waals surface area contributed by atoms with Crippen LogP contribution in [0.5, 0.6) is 0 Å². The Hall–Kier alpha value is -2.08. The molecule has 110 valence electrons.